The summed E-state index contributed by atoms with van der Waals surface area (Å²) in [6.45, 7) is 0. The third kappa shape index (κ3) is 1.85. The number of carbonyl (C=O) groups is 1. The molecule has 2 heterocycles. The molecule has 0 aliphatic heterocycles. The largest absolute Gasteiger partial charge is 0.478 e. The molecule has 0 spiro atoms. The molecule has 3 rings (SSSR count). The van der Waals surface area contributed by atoms with Crippen LogP contribution in [-0.4, -0.2) is 30.8 Å². The minimum atomic E-state index is -1.00. The maximum Gasteiger partial charge on any atom is 0.336 e. The Bertz CT molecular complexity index is 863. The van der Waals surface area contributed by atoms with Gasteiger partial charge < -0.3 is 5.11 Å². The number of benzene rings is 1. The summed E-state index contributed by atoms with van der Waals surface area (Å²) in [5.41, 5.74) is 0.731. The summed E-state index contributed by atoms with van der Waals surface area (Å²) in [5, 5.41) is 22.3. The molecule has 0 bridgehead atoms. The summed E-state index contributed by atoms with van der Waals surface area (Å²) in [7, 11) is 0. The van der Waals surface area contributed by atoms with Crippen molar-refractivity contribution in [1.82, 2.24) is 19.7 Å². The van der Waals surface area contributed by atoms with Crippen LogP contribution >= 0.6 is 0 Å². The average Bonchev–Trinajstić information content (AvgIpc) is 2.94. The highest BCUT2D eigenvalue weighted by Gasteiger charge is 2.10. The first-order valence-electron chi connectivity index (χ1n) is 5.64. The van der Waals surface area contributed by atoms with Crippen molar-refractivity contribution in [2.24, 2.45) is 0 Å². The predicted octanol–water partition coefficient (Wildman–Crippen LogP) is 1.39. The van der Waals surface area contributed by atoms with Gasteiger partial charge in [-0.05, 0) is 24.3 Å². The van der Waals surface area contributed by atoms with E-state index in [-0.39, 0.29) is 11.4 Å². The number of hydrogen-bond acceptors (Lipinski definition) is 5. The lowest BCUT2D eigenvalue weighted by atomic mass is 10.1. The van der Waals surface area contributed by atoms with Gasteiger partial charge in [0, 0.05) is 5.39 Å². The predicted molar refractivity (Wildman–Crippen MR) is 68.3 cm³/mol. The van der Waals surface area contributed by atoms with E-state index in [0.29, 0.717) is 16.7 Å². The Balaban J connectivity index is 2.17. The van der Waals surface area contributed by atoms with Gasteiger partial charge in [-0.25, -0.2) is 19.4 Å². The minimum absolute atomic E-state index is 0.0474. The molecule has 0 radical (unpaired) electrons. The molecular formula is C13H7N5O2. The third-order valence-electron chi connectivity index (χ3n) is 2.77. The summed E-state index contributed by atoms with van der Waals surface area (Å²) in [6.07, 6.45) is 1.38. The lowest BCUT2D eigenvalue weighted by Crippen LogP contribution is -2.01. The second kappa shape index (κ2) is 4.44. The topological polar surface area (TPSA) is 105 Å². The van der Waals surface area contributed by atoms with E-state index in [0.717, 1.165) is 0 Å². The van der Waals surface area contributed by atoms with Crippen molar-refractivity contribution >= 4 is 16.9 Å². The minimum Gasteiger partial charge on any atom is -0.478 e. The van der Waals surface area contributed by atoms with Gasteiger partial charge in [-0.1, -0.05) is 6.07 Å². The van der Waals surface area contributed by atoms with Crippen molar-refractivity contribution in [2.45, 2.75) is 0 Å². The fourth-order valence-electron chi connectivity index (χ4n) is 1.88. The number of carboxylic acids is 1. The van der Waals surface area contributed by atoms with E-state index < -0.39 is 5.97 Å². The summed E-state index contributed by atoms with van der Waals surface area (Å²) in [5.74, 6) is -0.488. The maximum atomic E-state index is 11.1. The molecular weight excluding hydrogens is 258 g/mol. The molecule has 7 heteroatoms. The number of hydrogen-bond donors (Lipinski definition) is 1. The van der Waals surface area contributed by atoms with Crippen LogP contribution < -0.4 is 0 Å². The number of carboxylic acid groups (broad SMARTS) is 1. The van der Waals surface area contributed by atoms with Gasteiger partial charge in [-0.15, -0.1) is 5.10 Å². The van der Waals surface area contributed by atoms with Crippen LogP contribution in [0.25, 0.3) is 16.7 Å². The quantitative estimate of drug-likeness (QED) is 0.750. The highest BCUT2D eigenvalue weighted by Crippen LogP contribution is 2.18. The fraction of sp³-hybridized carbons (Fsp3) is 0. The van der Waals surface area contributed by atoms with Crippen molar-refractivity contribution in [2.75, 3.05) is 0 Å². The zero-order valence-corrected chi connectivity index (χ0v) is 10.1. The first kappa shape index (κ1) is 11.8. The molecule has 0 atom stereocenters. The first-order chi connectivity index (χ1) is 9.69. The van der Waals surface area contributed by atoms with E-state index in [1.807, 2.05) is 6.07 Å². The van der Waals surface area contributed by atoms with Gasteiger partial charge in [-0.2, -0.15) is 5.26 Å². The van der Waals surface area contributed by atoms with Gasteiger partial charge in [-0.3, -0.25) is 0 Å². The van der Waals surface area contributed by atoms with Crippen molar-refractivity contribution in [3.63, 3.8) is 0 Å². The normalized spacial score (nSPS) is 10.3. The molecule has 0 fully saturated rings. The average molecular weight is 265 g/mol. The van der Waals surface area contributed by atoms with Crippen LogP contribution in [0.2, 0.25) is 0 Å². The van der Waals surface area contributed by atoms with Gasteiger partial charge in [0.1, 0.15) is 12.4 Å². The number of pyridine rings is 1. The van der Waals surface area contributed by atoms with Crippen LogP contribution in [0, 0.1) is 11.3 Å². The van der Waals surface area contributed by atoms with Crippen LogP contribution in [0.3, 0.4) is 0 Å². The maximum absolute atomic E-state index is 11.1. The summed E-state index contributed by atoms with van der Waals surface area (Å²) in [6, 6.07) is 9.99. The Kier molecular flexibility index (Phi) is 2.62. The Morgan fingerprint density at radius 2 is 2.15 bits per heavy atom. The van der Waals surface area contributed by atoms with Gasteiger partial charge >= 0.3 is 5.97 Å². The van der Waals surface area contributed by atoms with Crippen LogP contribution in [0.15, 0.2) is 36.7 Å². The lowest BCUT2D eigenvalue weighted by molar-refractivity contribution is 0.0699. The van der Waals surface area contributed by atoms with Crippen LogP contribution in [0.1, 0.15) is 16.2 Å². The lowest BCUT2D eigenvalue weighted by Gasteiger charge is -2.04. The Hall–Kier alpha value is -3.27. The van der Waals surface area contributed by atoms with E-state index in [4.69, 9.17) is 10.4 Å². The second-order valence-corrected chi connectivity index (χ2v) is 3.97. The monoisotopic (exact) mass is 265 g/mol. The number of rotatable bonds is 2. The van der Waals surface area contributed by atoms with E-state index in [1.165, 1.54) is 17.1 Å². The number of aromatic carboxylic acids is 1. The highest BCUT2D eigenvalue weighted by molar-refractivity contribution is 6.02. The zero-order valence-electron chi connectivity index (χ0n) is 10.1. The van der Waals surface area contributed by atoms with Crippen LogP contribution in [0.5, 0.6) is 0 Å². The zero-order chi connectivity index (χ0) is 14.1. The molecule has 2 aromatic heterocycles. The molecule has 20 heavy (non-hydrogen) atoms. The van der Waals surface area contributed by atoms with Crippen molar-refractivity contribution in [3.05, 3.63) is 48.0 Å². The molecule has 0 aliphatic rings. The molecule has 96 valence electrons. The van der Waals surface area contributed by atoms with Crippen molar-refractivity contribution in [3.8, 4) is 11.9 Å². The Morgan fingerprint density at radius 1 is 1.30 bits per heavy atom. The van der Waals surface area contributed by atoms with Gasteiger partial charge in [0.15, 0.2) is 5.82 Å². The number of fused-ring (bicyclic) bond motifs is 1. The van der Waals surface area contributed by atoms with Crippen molar-refractivity contribution < 1.29 is 9.90 Å². The van der Waals surface area contributed by atoms with E-state index in [2.05, 4.69) is 15.1 Å². The SMILES string of the molecule is N#Cc1ncn(-c2ccc3c(C(=O)O)cccc3n2)n1. The van der Waals surface area contributed by atoms with Gasteiger partial charge in [0.25, 0.3) is 5.82 Å². The van der Waals surface area contributed by atoms with Crippen molar-refractivity contribution in [1.29, 1.82) is 5.26 Å². The summed E-state index contributed by atoms with van der Waals surface area (Å²) < 4.78 is 1.37. The fourth-order valence-corrected chi connectivity index (χ4v) is 1.88. The van der Waals surface area contributed by atoms with E-state index in [9.17, 15) is 4.79 Å². The Labute approximate surface area is 112 Å². The van der Waals surface area contributed by atoms with Crippen LogP contribution in [0.4, 0.5) is 0 Å². The first-order valence-corrected chi connectivity index (χ1v) is 5.64. The van der Waals surface area contributed by atoms with Gasteiger partial charge in [0.05, 0.1) is 11.1 Å². The standard InChI is InChI=1S/C13H7N5O2/c14-6-11-15-7-18(17-11)12-5-4-8-9(13(19)20)2-1-3-10(8)16-12/h1-5,7H,(H,19,20). The van der Waals surface area contributed by atoms with E-state index >= 15 is 0 Å². The molecule has 7 nitrogen and oxygen atoms in total. The molecule has 3 aromatic rings. The third-order valence-corrected chi connectivity index (χ3v) is 2.77. The number of nitriles is 1. The smallest absolute Gasteiger partial charge is 0.336 e. The summed E-state index contributed by atoms with van der Waals surface area (Å²) >= 11 is 0. The van der Waals surface area contributed by atoms with E-state index in [1.54, 1.807) is 24.3 Å². The molecule has 1 aromatic carbocycles. The highest BCUT2D eigenvalue weighted by atomic mass is 16.4. The second-order valence-electron chi connectivity index (χ2n) is 3.97. The summed E-state index contributed by atoms with van der Waals surface area (Å²) in [4.78, 5) is 19.2. The molecule has 0 amide bonds. The molecule has 0 unspecified atom stereocenters. The van der Waals surface area contributed by atoms with Crippen LogP contribution in [-0.2, 0) is 0 Å². The molecule has 0 aliphatic carbocycles. The Morgan fingerprint density at radius 3 is 2.85 bits per heavy atom. The molecule has 0 saturated heterocycles. The van der Waals surface area contributed by atoms with Gasteiger partial charge in [0.2, 0.25) is 0 Å². The molecule has 1 N–H and O–H groups in total. The number of aromatic nitrogens is 4. The number of nitrogens with zero attached hydrogens (tertiary/aromatic N) is 5. The molecule has 0 saturated carbocycles.